The van der Waals surface area contributed by atoms with Crippen LogP contribution in [0.15, 0.2) is 48.5 Å². The standard InChI is InChI=1S/C21H27NO2/c1-15-8-6-7-9-19(15)24-14-20(23)22-16(2)17-10-12-18(13-11-17)21(3,4)5/h6-13,16H,14H2,1-5H3,(H,22,23). The summed E-state index contributed by atoms with van der Waals surface area (Å²) in [5, 5.41) is 2.98. The van der Waals surface area contributed by atoms with Crippen LogP contribution in [0.25, 0.3) is 0 Å². The third-order valence-electron chi connectivity index (χ3n) is 4.11. The van der Waals surface area contributed by atoms with Crippen LogP contribution in [-0.4, -0.2) is 12.5 Å². The van der Waals surface area contributed by atoms with E-state index in [-0.39, 0.29) is 24.0 Å². The smallest absolute Gasteiger partial charge is 0.258 e. The van der Waals surface area contributed by atoms with Gasteiger partial charge in [0, 0.05) is 0 Å². The predicted molar refractivity (Wildman–Crippen MR) is 98.4 cm³/mol. The van der Waals surface area contributed by atoms with Gasteiger partial charge < -0.3 is 10.1 Å². The van der Waals surface area contributed by atoms with Crippen LogP contribution in [0.4, 0.5) is 0 Å². The zero-order valence-corrected chi connectivity index (χ0v) is 15.2. The molecule has 3 nitrogen and oxygen atoms in total. The summed E-state index contributed by atoms with van der Waals surface area (Å²) in [6.07, 6.45) is 0. The summed E-state index contributed by atoms with van der Waals surface area (Å²) < 4.78 is 5.59. The van der Waals surface area contributed by atoms with Crippen molar-refractivity contribution in [2.24, 2.45) is 0 Å². The highest BCUT2D eigenvalue weighted by molar-refractivity contribution is 5.78. The number of para-hydroxylation sites is 1. The van der Waals surface area contributed by atoms with Crippen molar-refractivity contribution in [3.63, 3.8) is 0 Å². The van der Waals surface area contributed by atoms with Gasteiger partial charge in [0.15, 0.2) is 6.61 Å². The van der Waals surface area contributed by atoms with E-state index in [0.29, 0.717) is 0 Å². The molecule has 0 fully saturated rings. The molecule has 1 atom stereocenters. The molecule has 0 aliphatic rings. The van der Waals surface area contributed by atoms with E-state index in [0.717, 1.165) is 16.9 Å². The summed E-state index contributed by atoms with van der Waals surface area (Å²) in [5.74, 6) is 0.625. The molecule has 2 aromatic rings. The van der Waals surface area contributed by atoms with Gasteiger partial charge in [0.05, 0.1) is 6.04 Å². The van der Waals surface area contributed by atoms with Crippen molar-refractivity contribution in [1.29, 1.82) is 0 Å². The van der Waals surface area contributed by atoms with E-state index >= 15 is 0 Å². The minimum absolute atomic E-state index is 0.0231. The maximum Gasteiger partial charge on any atom is 0.258 e. The van der Waals surface area contributed by atoms with Crippen molar-refractivity contribution >= 4 is 5.91 Å². The molecule has 0 radical (unpaired) electrons. The molecule has 24 heavy (non-hydrogen) atoms. The number of rotatable bonds is 5. The fraction of sp³-hybridized carbons (Fsp3) is 0.381. The molecule has 2 rings (SSSR count). The number of carbonyl (C=O) groups excluding carboxylic acids is 1. The average Bonchev–Trinajstić information content (AvgIpc) is 2.53. The molecule has 0 saturated carbocycles. The fourth-order valence-electron chi connectivity index (χ4n) is 2.50. The van der Waals surface area contributed by atoms with E-state index in [9.17, 15) is 4.79 Å². The molecule has 0 saturated heterocycles. The van der Waals surface area contributed by atoms with Gasteiger partial charge in [-0.15, -0.1) is 0 Å². The second-order valence-electron chi connectivity index (χ2n) is 7.22. The van der Waals surface area contributed by atoms with Gasteiger partial charge >= 0.3 is 0 Å². The number of benzene rings is 2. The molecule has 0 aromatic heterocycles. The first kappa shape index (κ1) is 18.1. The summed E-state index contributed by atoms with van der Waals surface area (Å²) in [5.41, 5.74) is 3.53. The van der Waals surface area contributed by atoms with Crippen molar-refractivity contribution in [2.45, 2.75) is 46.1 Å². The second-order valence-corrected chi connectivity index (χ2v) is 7.22. The zero-order chi connectivity index (χ0) is 17.7. The van der Waals surface area contributed by atoms with Gasteiger partial charge in [0.2, 0.25) is 0 Å². The van der Waals surface area contributed by atoms with Gasteiger partial charge in [-0.05, 0) is 42.0 Å². The Labute approximate surface area is 145 Å². The molecule has 1 amide bonds. The monoisotopic (exact) mass is 325 g/mol. The van der Waals surface area contributed by atoms with Gasteiger partial charge in [0.25, 0.3) is 5.91 Å². The number of hydrogen-bond donors (Lipinski definition) is 1. The molecule has 0 spiro atoms. The first-order valence-corrected chi connectivity index (χ1v) is 8.35. The van der Waals surface area contributed by atoms with Gasteiger partial charge in [0.1, 0.15) is 5.75 Å². The Morgan fingerprint density at radius 3 is 2.29 bits per heavy atom. The second kappa shape index (κ2) is 7.52. The Hall–Kier alpha value is -2.29. The number of aryl methyl sites for hydroxylation is 1. The van der Waals surface area contributed by atoms with Gasteiger partial charge in [-0.1, -0.05) is 63.2 Å². The quantitative estimate of drug-likeness (QED) is 0.876. The van der Waals surface area contributed by atoms with Crippen LogP contribution in [0.3, 0.4) is 0 Å². The predicted octanol–water partition coefficient (Wildman–Crippen LogP) is 4.55. The lowest BCUT2D eigenvalue weighted by Crippen LogP contribution is -2.31. The molecule has 2 aromatic carbocycles. The van der Waals surface area contributed by atoms with Crippen LogP contribution in [0.1, 0.15) is 50.4 Å². The van der Waals surface area contributed by atoms with Crippen molar-refractivity contribution in [3.8, 4) is 5.75 Å². The molecular formula is C21H27NO2. The highest BCUT2D eigenvalue weighted by Crippen LogP contribution is 2.24. The SMILES string of the molecule is Cc1ccccc1OCC(=O)NC(C)c1ccc(C(C)(C)C)cc1. The van der Waals surface area contributed by atoms with Gasteiger partial charge in [-0.3, -0.25) is 4.79 Å². The average molecular weight is 325 g/mol. The highest BCUT2D eigenvalue weighted by Gasteiger charge is 2.15. The summed E-state index contributed by atoms with van der Waals surface area (Å²) in [6.45, 7) is 10.5. The first-order chi connectivity index (χ1) is 11.3. The van der Waals surface area contributed by atoms with E-state index in [4.69, 9.17) is 4.74 Å². The first-order valence-electron chi connectivity index (χ1n) is 8.35. The topological polar surface area (TPSA) is 38.3 Å². The minimum Gasteiger partial charge on any atom is -0.484 e. The molecular weight excluding hydrogens is 298 g/mol. The van der Waals surface area contributed by atoms with E-state index in [1.807, 2.05) is 38.1 Å². The lowest BCUT2D eigenvalue weighted by atomic mass is 9.86. The van der Waals surface area contributed by atoms with Crippen molar-refractivity contribution in [3.05, 3.63) is 65.2 Å². The van der Waals surface area contributed by atoms with Crippen LogP contribution in [0.2, 0.25) is 0 Å². The van der Waals surface area contributed by atoms with Crippen LogP contribution in [0.5, 0.6) is 5.75 Å². The van der Waals surface area contributed by atoms with Crippen LogP contribution in [-0.2, 0) is 10.2 Å². The number of amides is 1. The largest absolute Gasteiger partial charge is 0.484 e. The minimum atomic E-state index is -0.120. The van der Waals surface area contributed by atoms with E-state index in [2.05, 4.69) is 50.4 Å². The summed E-state index contributed by atoms with van der Waals surface area (Å²) >= 11 is 0. The molecule has 0 aliphatic carbocycles. The van der Waals surface area contributed by atoms with Crippen LogP contribution >= 0.6 is 0 Å². The summed E-state index contributed by atoms with van der Waals surface area (Å²) in [4.78, 5) is 12.1. The third kappa shape index (κ3) is 4.85. The maximum absolute atomic E-state index is 12.1. The van der Waals surface area contributed by atoms with Crippen molar-refractivity contribution in [2.75, 3.05) is 6.61 Å². The Kier molecular flexibility index (Phi) is 5.66. The zero-order valence-electron chi connectivity index (χ0n) is 15.2. The van der Waals surface area contributed by atoms with Gasteiger partial charge in [-0.2, -0.15) is 0 Å². The van der Waals surface area contributed by atoms with E-state index in [1.54, 1.807) is 0 Å². The summed E-state index contributed by atoms with van der Waals surface area (Å²) in [6, 6.07) is 16.0. The molecule has 0 heterocycles. The lowest BCUT2D eigenvalue weighted by Gasteiger charge is -2.21. The molecule has 0 bridgehead atoms. The molecule has 0 aliphatic heterocycles. The number of nitrogens with one attached hydrogen (secondary N) is 1. The van der Waals surface area contributed by atoms with E-state index < -0.39 is 0 Å². The normalized spacial score (nSPS) is 12.5. The van der Waals surface area contributed by atoms with Gasteiger partial charge in [-0.25, -0.2) is 0 Å². The molecule has 1 unspecified atom stereocenters. The third-order valence-corrected chi connectivity index (χ3v) is 4.11. The van der Waals surface area contributed by atoms with Crippen molar-refractivity contribution in [1.82, 2.24) is 5.32 Å². The number of carbonyl (C=O) groups is 1. The molecule has 128 valence electrons. The Morgan fingerprint density at radius 2 is 1.71 bits per heavy atom. The Bertz CT molecular complexity index is 684. The fourth-order valence-corrected chi connectivity index (χ4v) is 2.50. The Balaban J connectivity index is 1.90. The summed E-state index contributed by atoms with van der Waals surface area (Å²) in [7, 11) is 0. The number of ether oxygens (including phenoxy) is 1. The maximum atomic E-state index is 12.1. The Morgan fingerprint density at radius 1 is 1.08 bits per heavy atom. The number of hydrogen-bond acceptors (Lipinski definition) is 2. The molecule has 1 N–H and O–H groups in total. The van der Waals surface area contributed by atoms with Crippen LogP contribution in [0, 0.1) is 6.92 Å². The van der Waals surface area contributed by atoms with Crippen LogP contribution < -0.4 is 10.1 Å². The lowest BCUT2D eigenvalue weighted by molar-refractivity contribution is -0.123. The molecule has 3 heteroatoms. The van der Waals surface area contributed by atoms with Crippen molar-refractivity contribution < 1.29 is 9.53 Å². The van der Waals surface area contributed by atoms with E-state index in [1.165, 1.54) is 5.56 Å². The highest BCUT2D eigenvalue weighted by atomic mass is 16.5.